The lowest BCUT2D eigenvalue weighted by Crippen LogP contribution is -2.35. The lowest BCUT2D eigenvalue weighted by molar-refractivity contribution is 0.0695. The molecule has 0 saturated carbocycles. The van der Waals surface area contributed by atoms with Gasteiger partial charge >= 0.3 is 5.97 Å². The Morgan fingerprint density at radius 1 is 1.04 bits per heavy atom. The molecular weight excluding hydrogens is 286 g/mol. The summed E-state index contributed by atoms with van der Waals surface area (Å²) in [5, 5.41) is 9.49. The van der Waals surface area contributed by atoms with E-state index in [0.29, 0.717) is 12.0 Å². The normalized spacial score (nSPS) is 11.5. The molecule has 0 aliphatic carbocycles. The molecule has 0 atom stereocenters. The molecule has 0 radical (unpaired) electrons. The predicted octanol–water partition coefficient (Wildman–Crippen LogP) is 4.04. The molecule has 0 saturated heterocycles. The van der Waals surface area contributed by atoms with Crippen LogP contribution < -0.4 is 4.48 Å². The first-order valence-electron chi connectivity index (χ1n) is 7.99. The van der Waals surface area contributed by atoms with Gasteiger partial charge in [-0.15, -0.1) is 0 Å². The van der Waals surface area contributed by atoms with Gasteiger partial charge in [0.15, 0.2) is 0 Å². The summed E-state index contributed by atoms with van der Waals surface area (Å²) in [6.45, 7) is 4.15. The topological polar surface area (TPSA) is 37.3 Å². The number of aryl methyl sites for hydroxylation is 2. The Morgan fingerprint density at radius 2 is 1.70 bits per heavy atom. The molecule has 2 aromatic rings. The van der Waals surface area contributed by atoms with Crippen molar-refractivity contribution in [3.8, 4) is 0 Å². The van der Waals surface area contributed by atoms with Gasteiger partial charge in [-0.25, -0.2) is 4.79 Å². The Morgan fingerprint density at radius 3 is 2.26 bits per heavy atom. The number of carboxylic acid groups (broad SMARTS) is 1. The first kappa shape index (κ1) is 17.2. The van der Waals surface area contributed by atoms with Gasteiger partial charge in [0, 0.05) is 11.6 Å². The van der Waals surface area contributed by atoms with Gasteiger partial charge < -0.3 is 5.11 Å². The number of hydrogen-bond donors (Lipinski definition) is 1. The third-order valence-electron chi connectivity index (χ3n) is 4.20. The molecular formula is C20H26NO2+. The van der Waals surface area contributed by atoms with E-state index in [1.165, 1.54) is 11.3 Å². The molecule has 0 amide bonds. The summed E-state index contributed by atoms with van der Waals surface area (Å²) >= 11 is 0. The molecule has 0 fully saturated rings. The van der Waals surface area contributed by atoms with E-state index in [1.807, 2.05) is 19.1 Å². The third kappa shape index (κ3) is 3.99. The highest BCUT2D eigenvalue weighted by Crippen LogP contribution is 2.26. The number of benzene rings is 2. The number of carbonyl (C=O) groups is 1. The molecule has 23 heavy (non-hydrogen) atoms. The Balaban J connectivity index is 2.42. The first-order valence-corrected chi connectivity index (χ1v) is 7.99. The Kier molecular flexibility index (Phi) is 4.90. The van der Waals surface area contributed by atoms with Gasteiger partial charge in [0.05, 0.1) is 26.7 Å². The van der Waals surface area contributed by atoms with Crippen molar-refractivity contribution in [1.82, 2.24) is 4.48 Å². The molecule has 2 aromatic carbocycles. The molecule has 0 heterocycles. The first-order chi connectivity index (χ1) is 10.7. The fraction of sp³-hybridized carbons (Fsp3) is 0.350. The van der Waals surface area contributed by atoms with Crippen molar-refractivity contribution in [3.63, 3.8) is 0 Å². The maximum atomic E-state index is 11.6. The molecule has 3 nitrogen and oxygen atoms in total. The second-order valence-electron chi connectivity index (χ2n) is 6.96. The van der Waals surface area contributed by atoms with Crippen LogP contribution >= 0.6 is 0 Å². The lowest BCUT2D eigenvalue weighted by atomic mass is 9.96. The van der Waals surface area contributed by atoms with Crippen LogP contribution in [0.4, 0.5) is 5.69 Å². The van der Waals surface area contributed by atoms with Crippen LogP contribution in [0, 0.1) is 6.92 Å². The largest absolute Gasteiger partial charge is 0.478 e. The van der Waals surface area contributed by atoms with Crippen molar-refractivity contribution >= 4 is 11.7 Å². The molecule has 0 aromatic heterocycles. The zero-order valence-electron chi connectivity index (χ0n) is 14.7. The van der Waals surface area contributed by atoms with Crippen molar-refractivity contribution in [2.24, 2.45) is 0 Å². The Hall–Kier alpha value is -2.13. The van der Waals surface area contributed by atoms with E-state index in [-0.39, 0.29) is 0 Å². The molecule has 122 valence electrons. The van der Waals surface area contributed by atoms with E-state index >= 15 is 0 Å². The summed E-state index contributed by atoms with van der Waals surface area (Å²) in [4.78, 5) is 11.6. The van der Waals surface area contributed by atoms with E-state index < -0.39 is 5.97 Å². The zero-order chi connectivity index (χ0) is 17.2. The van der Waals surface area contributed by atoms with Crippen LogP contribution in [-0.4, -0.2) is 32.2 Å². The average molecular weight is 312 g/mol. The van der Waals surface area contributed by atoms with Gasteiger partial charge in [0.1, 0.15) is 5.69 Å². The number of rotatable bonds is 5. The van der Waals surface area contributed by atoms with Gasteiger partial charge in [0.25, 0.3) is 0 Å². The van der Waals surface area contributed by atoms with Crippen LogP contribution in [0.3, 0.4) is 0 Å². The van der Waals surface area contributed by atoms with Gasteiger partial charge in [0.2, 0.25) is 0 Å². The van der Waals surface area contributed by atoms with Crippen LogP contribution in [0.5, 0.6) is 0 Å². The van der Waals surface area contributed by atoms with Gasteiger partial charge in [-0.3, -0.25) is 4.48 Å². The highest BCUT2D eigenvalue weighted by molar-refractivity contribution is 5.89. The lowest BCUT2D eigenvalue weighted by Gasteiger charge is -2.26. The quantitative estimate of drug-likeness (QED) is 0.846. The maximum absolute atomic E-state index is 11.6. The van der Waals surface area contributed by atoms with Gasteiger partial charge in [-0.1, -0.05) is 31.2 Å². The van der Waals surface area contributed by atoms with Gasteiger partial charge in [-0.2, -0.15) is 0 Å². The molecule has 1 N–H and O–H groups in total. The van der Waals surface area contributed by atoms with Crippen LogP contribution in [0.25, 0.3) is 0 Å². The fourth-order valence-electron chi connectivity index (χ4n) is 2.90. The SMILES string of the molecule is CCc1ccc(Cc2ccc(C)c([N+](C)(C)C)c2)c(C(=O)O)c1. The van der Waals surface area contributed by atoms with Crippen LogP contribution in [0.1, 0.15) is 39.5 Å². The summed E-state index contributed by atoms with van der Waals surface area (Å²) in [6.07, 6.45) is 1.48. The number of quaternary nitrogens is 1. The third-order valence-corrected chi connectivity index (χ3v) is 4.20. The fourth-order valence-corrected chi connectivity index (χ4v) is 2.90. The minimum absolute atomic E-state index is 0.414. The predicted molar refractivity (Wildman–Crippen MR) is 96.3 cm³/mol. The second-order valence-corrected chi connectivity index (χ2v) is 6.96. The summed E-state index contributed by atoms with van der Waals surface area (Å²) in [6, 6.07) is 12.2. The molecule has 0 unspecified atom stereocenters. The van der Waals surface area contributed by atoms with E-state index in [1.54, 1.807) is 6.07 Å². The molecule has 0 bridgehead atoms. The van der Waals surface area contributed by atoms with E-state index in [2.05, 4.69) is 46.3 Å². The van der Waals surface area contributed by atoms with E-state index in [4.69, 9.17) is 0 Å². The molecule has 3 heteroatoms. The van der Waals surface area contributed by atoms with Crippen molar-refractivity contribution in [2.45, 2.75) is 26.7 Å². The van der Waals surface area contributed by atoms with E-state index in [9.17, 15) is 9.90 Å². The Bertz CT molecular complexity index is 727. The van der Waals surface area contributed by atoms with Crippen molar-refractivity contribution in [1.29, 1.82) is 0 Å². The van der Waals surface area contributed by atoms with Crippen molar-refractivity contribution in [2.75, 3.05) is 21.1 Å². The van der Waals surface area contributed by atoms with Crippen LogP contribution in [0.2, 0.25) is 0 Å². The van der Waals surface area contributed by atoms with Crippen LogP contribution in [0.15, 0.2) is 36.4 Å². The van der Waals surface area contributed by atoms with Crippen LogP contribution in [-0.2, 0) is 12.8 Å². The van der Waals surface area contributed by atoms with E-state index in [0.717, 1.165) is 27.6 Å². The Labute approximate surface area is 138 Å². The standard InChI is InChI=1S/C20H25NO2/c1-6-15-9-10-17(18(12-15)20(22)23)11-16-8-7-14(2)19(13-16)21(3,4)5/h7-10,12-13H,6,11H2,1-5H3/p+1. The number of nitrogens with zero attached hydrogens (tertiary/aromatic N) is 1. The molecule has 0 aliphatic rings. The second kappa shape index (κ2) is 6.55. The highest BCUT2D eigenvalue weighted by atomic mass is 16.4. The van der Waals surface area contributed by atoms with Crippen molar-refractivity contribution in [3.05, 3.63) is 64.2 Å². The number of carboxylic acids is 1. The maximum Gasteiger partial charge on any atom is 0.335 e. The summed E-state index contributed by atoms with van der Waals surface area (Å²) < 4.78 is 0.750. The number of aromatic carboxylic acids is 1. The molecule has 2 rings (SSSR count). The minimum Gasteiger partial charge on any atom is -0.478 e. The summed E-state index contributed by atoms with van der Waals surface area (Å²) in [5.41, 5.74) is 5.99. The minimum atomic E-state index is -0.853. The molecule has 0 spiro atoms. The number of hydrogen-bond acceptors (Lipinski definition) is 1. The summed E-state index contributed by atoms with van der Waals surface area (Å²) in [7, 11) is 6.43. The van der Waals surface area contributed by atoms with Crippen molar-refractivity contribution < 1.29 is 9.90 Å². The smallest absolute Gasteiger partial charge is 0.335 e. The van der Waals surface area contributed by atoms with Gasteiger partial charge in [-0.05, 0) is 42.5 Å². The molecule has 0 aliphatic heterocycles. The zero-order valence-corrected chi connectivity index (χ0v) is 14.7. The summed E-state index contributed by atoms with van der Waals surface area (Å²) in [5.74, 6) is -0.853. The average Bonchev–Trinajstić information content (AvgIpc) is 2.48. The highest BCUT2D eigenvalue weighted by Gasteiger charge is 2.17. The monoisotopic (exact) mass is 312 g/mol.